The van der Waals surface area contributed by atoms with Crippen molar-refractivity contribution >= 4 is 34.9 Å². The van der Waals surface area contributed by atoms with Gasteiger partial charge in [0.1, 0.15) is 0 Å². The van der Waals surface area contributed by atoms with Crippen LogP contribution in [0.1, 0.15) is 5.56 Å². The number of benzene rings is 1. The van der Waals surface area contributed by atoms with Crippen molar-refractivity contribution in [2.75, 3.05) is 0 Å². The number of hydrogen-bond acceptors (Lipinski definition) is 1. The minimum absolute atomic E-state index is 0.189. The molecule has 0 saturated carbocycles. The van der Waals surface area contributed by atoms with Gasteiger partial charge >= 0.3 is 11.7 Å². The summed E-state index contributed by atoms with van der Waals surface area (Å²) in [5.74, 6) is -1.34. The summed E-state index contributed by atoms with van der Waals surface area (Å²) >= 11 is 11.3. The molecule has 0 aliphatic heterocycles. The molecule has 0 aromatic heterocycles. The van der Waals surface area contributed by atoms with E-state index in [0.29, 0.717) is 5.02 Å². The van der Waals surface area contributed by atoms with E-state index in [9.17, 15) is 4.79 Å². The molecule has 4 nitrogen and oxygen atoms in total. The van der Waals surface area contributed by atoms with Crippen molar-refractivity contribution in [3.63, 3.8) is 0 Å². The van der Waals surface area contributed by atoms with Crippen LogP contribution in [-0.2, 0) is 4.79 Å². The molecule has 0 amide bonds. The van der Waals surface area contributed by atoms with Crippen molar-refractivity contribution in [1.82, 2.24) is 0 Å². The van der Waals surface area contributed by atoms with E-state index >= 15 is 0 Å². The van der Waals surface area contributed by atoms with Gasteiger partial charge in [-0.25, -0.2) is 4.79 Å². The average molecular weight is 231 g/mol. The highest BCUT2D eigenvalue weighted by atomic mass is 35.5. The maximum atomic E-state index is 10.6. The number of carbonyl (C=O) groups is 1. The number of carboxylic acid groups (broad SMARTS) is 1. The average Bonchev–Trinajstić information content (AvgIpc) is 2.11. The highest BCUT2D eigenvalue weighted by Gasteiger charge is 2.21. The quantitative estimate of drug-likeness (QED) is 0.480. The number of aliphatic carboxylic acids is 1. The Balaban J connectivity index is 3.27. The molecule has 1 rings (SSSR count). The van der Waals surface area contributed by atoms with Crippen molar-refractivity contribution in [3.05, 3.63) is 39.3 Å². The second-order valence-corrected chi connectivity index (χ2v) is 3.20. The summed E-state index contributed by atoms with van der Waals surface area (Å²) in [4.78, 5) is 13.2. The molecule has 6 heteroatoms. The Bertz CT molecular complexity index is 439. The fraction of sp³-hybridized carbons (Fsp3) is 0. The first-order valence-corrected chi connectivity index (χ1v) is 4.22. The summed E-state index contributed by atoms with van der Waals surface area (Å²) in [7, 11) is 0. The molecule has 0 spiro atoms. The van der Waals surface area contributed by atoms with Crippen LogP contribution in [-0.4, -0.2) is 21.6 Å². The highest BCUT2D eigenvalue weighted by molar-refractivity contribution is 6.44. The summed E-state index contributed by atoms with van der Waals surface area (Å²) in [6.07, 6.45) is 0. The maximum Gasteiger partial charge on any atom is 0.419 e. The van der Waals surface area contributed by atoms with E-state index in [2.05, 4.69) is 4.79 Å². The lowest BCUT2D eigenvalue weighted by Gasteiger charge is -1.95. The van der Waals surface area contributed by atoms with Gasteiger partial charge in [0.25, 0.3) is 0 Å². The summed E-state index contributed by atoms with van der Waals surface area (Å²) < 4.78 is 0. The lowest BCUT2D eigenvalue weighted by atomic mass is 10.1. The van der Waals surface area contributed by atoms with E-state index in [-0.39, 0.29) is 10.6 Å². The molecule has 1 aromatic rings. The summed E-state index contributed by atoms with van der Waals surface area (Å²) in [6.45, 7) is 0. The van der Waals surface area contributed by atoms with Crippen LogP contribution in [0.3, 0.4) is 0 Å². The number of halogens is 2. The number of carboxylic acids is 1. The van der Waals surface area contributed by atoms with Gasteiger partial charge in [0, 0.05) is 0 Å². The Morgan fingerprint density at radius 1 is 1.36 bits per heavy atom. The normalized spacial score (nSPS) is 9.29. The Hall–Kier alpha value is -1.35. The summed E-state index contributed by atoms with van der Waals surface area (Å²) in [5.41, 5.74) is 8.15. The minimum atomic E-state index is -1.34. The van der Waals surface area contributed by atoms with E-state index in [0.717, 1.165) is 0 Å². The minimum Gasteiger partial charge on any atom is -0.472 e. The van der Waals surface area contributed by atoms with Crippen molar-refractivity contribution in [3.8, 4) is 0 Å². The molecule has 0 aliphatic carbocycles. The molecule has 14 heavy (non-hydrogen) atoms. The molecular weight excluding hydrogens is 227 g/mol. The summed E-state index contributed by atoms with van der Waals surface area (Å²) in [6, 6.07) is 4.14. The molecule has 0 saturated heterocycles. The van der Waals surface area contributed by atoms with Gasteiger partial charge in [0.15, 0.2) is 0 Å². The van der Waals surface area contributed by atoms with Crippen LogP contribution >= 0.6 is 23.2 Å². The molecule has 0 aliphatic rings. The molecule has 1 aromatic carbocycles. The molecule has 0 heterocycles. The fourth-order valence-corrected chi connectivity index (χ4v) is 1.17. The fourth-order valence-electron chi connectivity index (χ4n) is 0.867. The van der Waals surface area contributed by atoms with Gasteiger partial charge < -0.3 is 10.6 Å². The lowest BCUT2D eigenvalue weighted by Crippen LogP contribution is -2.15. The van der Waals surface area contributed by atoms with Crippen LogP contribution in [0.2, 0.25) is 10.0 Å². The highest BCUT2D eigenvalue weighted by Crippen LogP contribution is 2.22. The van der Waals surface area contributed by atoms with Crippen LogP contribution in [0.4, 0.5) is 0 Å². The Labute approximate surface area is 89.3 Å². The van der Waals surface area contributed by atoms with Gasteiger partial charge in [-0.3, -0.25) is 0 Å². The molecule has 0 bridgehead atoms. The van der Waals surface area contributed by atoms with Crippen LogP contribution in [0.15, 0.2) is 18.2 Å². The Morgan fingerprint density at radius 2 is 2.00 bits per heavy atom. The van der Waals surface area contributed by atoms with Gasteiger partial charge in [-0.05, 0) is 18.2 Å². The molecule has 0 unspecified atom stereocenters. The second-order valence-electron chi connectivity index (χ2n) is 2.38. The SMILES string of the molecule is [N-]=[N+]=C(C(=O)O)c1ccc(Cl)c(Cl)c1. The van der Waals surface area contributed by atoms with E-state index in [1.54, 1.807) is 0 Å². The van der Waals surface area contributed by atoms with Crippen LogP contribution in [0.5, 0.6) is 0 Å². The van der Waals surface area contributed by atoms with Gasteiger partial charge in [-0.15, -0.1) is 0 Å². The molecule has 0 atom stereocenters. The Morgan fingerprint density at radius 3 is 2.43 bits per heavy atom. The maximum absolute atomic E-state index is 10.6. The van der Waals surface area contributed by atoms with Gasteiger partial charge in [0.2, 0.25) is 0 Å². The van der Waals surface area contributed by atoms with Crippen molar-refractivity contribution in [2.24, 2.45) is 0 Å². The van der Waals surface area contributed by atoms with Crippen molar-refractivity contribution in [2.45, 2.75) is 0 Å². The first kappa shape index (κ1) is 10.7. The molecule has 0 fully saturated rings. The first-order valence-electron chi connectivity index (χ1n) is 3.47. The largest absolute Gasteiger partial charge is 0.472 e. The zero-order valence-electron chi connectivity index (χ0n) is 6.74. The van der Waals surface area contributed by atoms with Crippen molar-refractivity contribution in [1.29, 1.82) is 0 Å². The summed E-state index contributed by atoms with van der Waals surface area (Å²) in [5, 5.41) is 9.12. The molecule has 72 valence electrons. The standard InChI is InChI=1S/C8H4Cl2N2O2/c9-5-2-1-4(3-6(5)10)7(12-11)8(13)14/h1-3H,(H,13,14). The van der Waals surface area contributed by atoms with Crippen molar-refractivity contribution < 1.29 is 14.7 Å². The third-order valence-corrected chi connectivity index (χ3v) is 2.23. The zero-order valence-corrected chi connectivity index (χ0v) is 8.25. The number of nitrogens with zero attached hydrogens (tertiary/aromatic N) is 2. The Kier molecular flexibility index (Phi) is 3.25. The molecule has 1 N–H and O–H groups in total. The van der Waals surface area contributed by atoms with Crippen LogP contribution in [0.25, 0.3) is 5.53 Å². The smallest absolute Gasteiger partial charge is 0.419 e. The third-order valence-electron chi connectivity index (χ3n) is 1.50. The molecule has 0 radical (unpaired) electrons. The van der Waals surface area contributed by atoms with E-state index in [1.165, 1.54) is 18.2 Å². The third kappa shape index (κ3) is 2.12. The van der Waals surface area contributed by atoms with Gasteiger partial charge in [-0.1, -0.05) is 23.2 Å². The monoisotopic (exact) mass is 230 g/mol. The van der Waals surface area contributed by atoms with E-state index in [1.807, 2.05) is 0 Å². The topological polar surface area (TPSA) is 73.7 Å². The van der Waals surface area contributed by atoms with Crippen LogP contribution < -0.4 is 0 Å². The van der Waals surface area contributed by atoms with Gasteiger partial charge in [-0.2, -0.15) is 4.79 Å². The zero-order chi connectivity index (χ0) is 10.7. The lowest BCUT2D eigenvalue weighted by molar-refractivity contribution is -0.133. The molecular formula is C8H4Cl2N2O2. The first-order chi connectivity index (χ1) is 6.56. The second kappa shape index (κ2) is 4.24. The number of rotatable bonds is 2. The predicted octanol–water partition coefficient (Wildman–Crippen LogP) is 2.10. The van der Waals surface area contributed by atoms with E-state index < -0.39 is 11.7 Å². The number of hydrogen-bond donors (Lipinski definition) is 1. The van der Waals surface area contributed by atoms with E-state index in [4.69, 9.17) is 33.8 Å². The predicted molar refractivity (Wildman–Crippen MR) is 51.8 cm³/mol. The van der Waals surface area contributed by atoms with Crippen LogP contribution in [0, 0.1) is 0 Å². The van der Waals surface area contributed by atoms with Gasteiger partial charge in [0.05, 0.1) is 15.6 Å².